The number of fused-ring (bicyclic) bond motifs is 1. The Morgan fingerprint density at radius 2 is 1.85 bits per heavy atom. The number of hydrogen-bond donors (Lipinski definition) is 2. The average molecular weight is 459 g/mol. The maximum Gasteiger partial charge on any atom is 0.224 e. The van der Waals surface area contributed by atoms with Crippen LogP contribution in [-0.2, 0) is 4.79 Å². The van der Waals surface area contributed by atoms with Crippen LogP contribution in [0.15, 0.2) is 60.9 Å². The number of hydrogen-bond acceptors (Lipinski definition) is 7. The standard InChI is InChI=1S/C25H26N6O3/c26-24-22-23(17-8-10-20(11-9-17)34-19-6-2-1-3-7-19)29-31(25(22)28-16-27-24)18-5-4-13-30(15-18)21(33)12-14-32/h1-3,6-11,16,18,32H,4-5,12-15H2,(H2,26,27,28). The van der Waals surface area contributed by atoms with Crippen molar-refractivity contribution in [2.75, 3.05) is 25.4 Å². The van der Waals surface area contributed by atoms with Gasteiger partial charge in [-0.25, -0.2) is 14.6 Å². The molecule has 3 heterocycles. The number of nitrogens with zero attached hydrogens (tertiary/aromatic N) is 5. The molecule has 0 spiro atoms. The van der Waals surface area contributed by atoms with Crippen LogP contribution >= 0.6 is 0 Å². The summed E-state index contributed by atoms with van der Waals surface area (Å²) in [6.07, 6.45) is 3.29. The molecule has 2 aromatic heterocycles. The zero-order valence-electron chi connectivity index (χ0n) is 18.7. The minimum atomic E-state index is -0.150. The Morgan fingerprint density at radius 1 is 1.09 bits per heavy atom. The van der Waals surface area contributed by atoms with E-state index in [0.717, 1.165) is 24.2 Å². The number of aromatic nitrogens is 4. The van der Waals surface area contributed by atoms with Crippen molar-refractivity contribution >= 4 is 22.8 Å². The molecule has 1 aliphatic rings. The van der Waals surface area contributed by atoms with Gasteiger partial charge < -0.3 is 20.5 Å². The maximum atomic E-state index is 12.4. The molecule has 0 bridgehead atoms. The van der Waals surface area contributed by atoms with Crippen molar-refractivity contribution in [1.82, 2.24) is 24.6 Å². The van der Waals surface area contributed by atoms with Crippen LogP contribution in [0.2, 0.25) is 0 Å². The third-order valence-electron chi connectivity index (χ3n) is 6.05. The molecule has 1 saturated heterocycles. The van der Waals surface area contributed by atoms with Gasteiger partial charge in [-0.05, 0) is 49.2 Å². The molecule has 9 heteroatoms. The number of para-hydroxylation sites is 1. The van der Waals surface area contributed by atoms with Gasteiger partial charge in [-0.15, -0.1) is 0 Å². The molecule has 1 aliphatic heterocycles. The van der Waals surface area contributed by atoms with Crippen molar-refractivity contribution in [3.63, 3.8) is 0 Å². The number of ether oxygens (including phenoxy) is 1. The number of nitrogen functional groups attached to an aromatic ring is 1. The Kier molecular flexibility index (Phi) is 6.09. The lowest BCUT2D eigenvalue weighted by Gasteiger charge is -2.33. The molecule has 34 heavy (non-hydrogen) atoms. The fourth-order valence-electron chi connectivity index (χ4n) is 4.39. The van der Waals surface area contributed by atoms with Gasteiger partial charge in [0.15, 0.2) is 5.65 Å². The highest BCUT2D eigenvalue weighted by Gasteiger charge is 2.28. The number of aliphatic hydroxyl groups is 1. The lowest BCUT2D eigenvalue weighted by atomic mass is 10.1. The molecule has 0 aliphatic carbocycles. The van der Waals surface area contributed by atoms with E-state index in [1.807, 2.05) is 59.3 Å². The van der Waals surface area contributed by atoms with Crippen molar-refractivity contribution in [3.8, 4) is 22.8 Å². The fourth-order valence-corrected chi connectivity index (χ4v) is 4.39. The quantitative estimate of drug-likeness (QED) is 0.454. The van der Waals surface area contributed by atoms with Gasteiger partial charge >= 0.3 is 0 Å². The molecule has 1 amide bonds. The molecule has 4 aromatic rings. The summed E-state index contributed by atoms with van der Waals surface area (Å²) < 4.78 is 7.78. The van der Waals surface area contributed by atoms with E-state index >= 15 is 0 Å². The fraction of sp³-hybridized carbons (Fsp3) is 0.280. The number of carbonyl (C=O) groups excluding carboxylic acids is 1. The molecule has 9 nitrogen and oxygen atoms in total. The summed E-state index contributed by atoms with van der Waals surface area (Å²) in [7, 11) is 0. The normalized spacial score (nSPS) is 16.0. The molecule has 0 saturated carbocycles. The summed E-state index contributed by atoms with van der Waals surface area (Å²) in [5.41, 5.74) is 8.47. The van der Waals surface area contributed by atoms with E-state index in [1.54, 1.807) is 4.90 Å². The smallest absolute Gasteiger partial charge is 0.224 e. The van der Waals surface area contributed by atoms with E-state index in [2.05, 4.69) is 9.97 Å². The molecule has 1 unspecified atom stereocenters. The van der Waals surface area contributed by atoms with Crippen LogP contribution in [0.25, 0.3) is 22.3 Å². The van der Waals surface area contributed by atoms with Gasteiger partial charge in [0.2, 0.25) is 5.91 Å². The monoisotopic (exact) mass is 458 g/mol. The van der Waals surface area contributed by atoms with E-state index in [-0.39, 0.29) is 25.0 Å². The van der Waals surface area contributed by atoms with Gasteiger partial charge in [0.05, 0.1) is 18.0 Å². The molecule has 0 radical (unpaired) electrons. The first-order valence-electron chi connectivity index (χ1n) is 11.3. The maximum absolute atomic E-state index is 12.4. The van der Waals surface area contributed by atoms with Crippen molar-refractivity contribution in [2.24, 2.45) is 0 Å². The first-order chi connectivity index (χ1) is 16.6. The topological polar surface area (TPSA) is 119 Å². The summed E-state index contributed by atoms with van der Waals surface area (Å²) in [5, 5.41) is 14.7. The second-order valence-corrected chi connectivity index (χ2v) is 8.30. The van der Waals surface area contributed by atoms with Gasteiger partial charge in [-0.3, -0.25) is 4.79 Å². The van der Waals surface area contributed by atoms with Crippen LogP contribution in [0.4, 0.5) is 5.82 Å². The highest BCUT2D eigenvalue weighted by molar-refractivity contribution is 5.98. The second-order valence-electron chi connectivity index (χ2n) is 8.30. The van der Waals surface area contributed by atoms with Crippen LogP contribution in [-0.4, -0.2) is 55.4 Å². The van der Waals surface area contributed by atoms with Gasteiger partial charge in [-0.1, -0.05) is 18.2 Å². The summed E-state index contributed by atoms with van der Waals surface area (Å²) in [5.74, 6) is 1.79. The summed E-state index contributed by atoms with van der Waals surface area (Å²) in [4.78, 5) is 22.8. The van der Waals surface area contributed by atoms with Crippen LogP contribution in [0.5, 0.6) is 11.5 Å². The van der Waals surface area contributed by atoms with Gasteiger partial charge in [0.1, 0.15) is 29.3 Å². The minimum absolute atomic E-state index is 0.0392. The molecule has 1 atom stereocenters. The number of likely N-dealkylation sites (tertiary alicyclic amines) is 1. The number of nitrogens with two attached hydrogens (primary N) is 1. The summed E-state index contributed by atoms with van der Waals surface area (Å²) in [6.45, 7) is 1.05. The van der Waals surface area contributed by atoms with Crippen molar-refractivity contribution in [2.45, 2.75) is 25.3 Å². The number of anilines is 1. The first-order valence-corrected chi connectivity index (χ1v) is 11.3. The van der Waals surface area contributed by atoms with Crippen molar-refractivity contribution in [1.29, 1.82) is 0 Å². The number of piperidine rings is 1. The number of amides is 1. The Hall–Kier alpha value is -3.98. The number of benzene rings is 2. The Morgan fingerprint density at radius 3 is 2.62 bits per heavy atom. The van der Waals surface area contributed by atoms with E-state index in [0.29, 0.717) is 41.4 Å². The minimum Gasteiger partial charge on any atom is -0.457 e. The zero-order valence-corrected chi connectivity index (χ0v) is 18.7. The van der Waals surface area contributed by atoms with Crippen molar-refractivity contribution in [3.05, 3.63) is 60.9 Å². The SMILES string of the molecule is Nc1ncnc2c1c(-c1ccc(Oc3ccccc3)cc1)nn2C1CCCN(C(=O)CCO)C1. The Bertz CT molecular complexity index is 1290. The van der Waals surface area contributed by atoms with Gasteiger partial charge in [0, 0.05) is 25.1 Å². The van der Waals surface area contributed by atoms with Crippen LogP contribution in [0.1, 0.15) is 25.3 Å². The molecule has 3 N–H and O–H groups in total. The highest BCUT2D eigenvalue weighted by Crippen LogP contribution is 2.34. The van der Waals surface area contributed by atoms with Crippen LogP contribution < -0.4 is 10.5 Å². The second kappa shape index (κ2) is 9.48. The van der Waals surface area contributed by atoms with Crippen molar-refractivity contribution < 1.29 is 14.6 Å². The molecule has 5 rings (SSSR count). The molecule has 2 aromatic carbocycles. The van der Waals surface area contributed by atoms with E-state index in [4.69, 9.17) is 20.7 Å². The Balaban J connectivity index is 1.47. The third kappa shape index (κ3) is 4.29. The molecule has 174 valence electrons. The molecular weight excluding hydrogens is 432 g/mol. The number of aliphatic hydroxyl groups excluding tert-OH is 1. The molecular formula is C25H26N6O3. The van der Waals surface area contributed by atoms with Gasteiger partial charge in [0.25, 0.3) is 0 Å². The van der Waals surface area contributed by atoms with Crippen LogP contribution in [0.3, 0.4) is 0 Å². The first kappa shape index (κ1) is 21.8. The summed E-state index contributed by atoms with van der Waals surface area (Å²) in [6, 6.07) is 17.2. The average Bonchev–Trinajstić information content (AvgIpc) is 3.26. The lowest BCUT2D eigenvalue weighted by molar-refractivity contribution is -0.133. The predicted octanol–water partition coefficient (Wildman–Crippen LogP) is 3.41. The van der Waals surface area contributed by atoms with Gasteiger partial charge in [-0.2, -0.15) is 5.10 Å². The predicted molar refractivity (Wildman–Crippen MR) is 128 cm³/mol. The van der Waals surface area contributed by atoms with E-state index in [9.17, 15) is 4.79 Å². The number of carbonyl (C=O) groups is 1. The molecule has 1 fully saturated rings. The van der Waals surface area contributed by atoms with Crippen LogP contribution in [0, 0.1) is 0 Å². The lowest BCUT2D eigenvalue weighted by Crippen LogP contribution is -2.41. The highest BCUT2D eigenvalue weighted by atomic mass is 16.5. The zero-order chi connectivity index (χ0) is 23.5. The number of rotatable bonds is 6. The van der Waals surface area contributed by atoms with E-state index < -0.39 is 0 Å². The summed E-state index contributed by atoms with van der Waals surface area (Å²) >= 11 is 0. The van der Waals surface area contributed by atoms with E-state index in [1.165, 1.54) is 6.33 Å². The Labute approximate surface area is 196 Å². The third-order valence-corrected chi connectivity index (χ3v) is 6.05. The largest absolute Gasteiger partial charge is 0.457 e.